The summed E-state index contributed by atoms with van der Waals surface area (Å²) in [5.41, 5.74) is 9.27. The fourth-order valence-electron chi connectivity index (χ4n) is 7.26. The van der Waals surface area contributed by atoms with Crippen molar-refractivity contribution in [3.63, 3.8) is 0 Å². The van der Waals surface area contributed by atoms with Gasteiger partial charge in [0, 0.05) is 44.4 Å². The molecule has 0 N–H and O–H groups in total. The summed E-state index contributed by atoms with van der Waals surface area (Å²) in [5, 5.41) is 2.22. The third-order valence-electron chi connectivity index (χ3n) is 9.68. The van der Waals surface area contributed by atoms with Crippen molar-refractivity contribution in [3.8, 4) is 45.6 Å². The minimum atomic E-state index is -0.299. The minimum absolute atomic E-state index is 0.299. The van der Waals surface area contributed by atoms with Crippen LogP contribution in [0.25, 0.3) is 61.7 Å². The van der Waals surface area contributed by atoms with Gasteiger partial charge in [-0.3, -0.25) is 4.90 Å². The number of anilines is 2. The molecule has 246 valence electrons. The number of benzene rings is 7. The molecule has 0 spiro atoms. The van der Waals surface area contributed by atoms with E-state index in [1.165, 1.54) is 0 Å². The molecule has 0 radical (unpaired) electrons. The van der Waals surface area contributed by atoms with Crippen molar-refractivity contribution in [2.24, 2.45) is 0 Å². The molecule has 0 saturated carbocycles. The molecule has 52 heavy (non-hydrogen) atoms. The molecule has 1 atom stereocenters. The van der Waals surface area contributed by atoms with Crippen molar-refractivity contribution < 1.29 is 4.74 Å². The first-order valence-electron chi connectivity index (χ1n) is 17.4. The Kier molecular flexibility index (Phi) is 7.10. The summed E-state index contributed by atoms with van der Waals surface area (Å²) in [6, 6.07) is 62.6. The molecular formula is C46H31N5O. The smallest absolute Gasteiger partial charge is 0.203 e. The van der Waals surface area contributed by atoms with Crippen LogP contribution in [0.2, 0.25) is 0 Å². The van der Waals surface area contributed by atoms with E-state index >= 15 is 0 Å². The van der Waals surface area contributed by atoms with Crippen molar-refractivity contribution in [1.29, 1.82) is 0 Å². The number of hydrogen-bond donors (Lipinski definition) is 0. The maximum atomic E-state index is 6.60. The summed E-state index contributed by atoms with van der Waals surface area (Å²) in [6.07, 6.45) is -0.299. The maximum absolute atomic E-state index is 6.60. The van der Waals surface area contributed by atoms with Gasteiger partial charge < -0.3 is 9.30 Å². The molecule has 1 aliphatic heterocycles. The minimum Gasteiger partial charge on any atom is -0.464 e. The Morgan fingerprint density at radius 3 is 1.60 bits per heavy atom. The summed E-state index contributed by atoms with van der Waals surface area (Å²) < 4.78 is 8.94. The molecule has 7 aromatic carbocycles. The predicted octanol–water partition coefficient (Wildman–Crippen LogP) is 11.2. The highest BCUT2D eigenvalue weighted by molar-refractivity contribution is 6.11. The van der Waals surface area contributed by atoms with Crippen LogP contribution < -0.4 is 9.64 Å². The van der Waals surface area contributed by atoms with Gasteiger partial charge in [-0.1, -0.05) is 121 Å². The van der Waals surface area contributed by atoms with Crippen LogP contribution in [0.15, 0.2) is 182 Å². The number of hydrogen-bond acceptors (Lipinski definition) is 5. The van der Waals surface area contributed by atoms with Gasteiger partial charge in [0.2, 0.25) is 6.23 Å². The lowest BCUT2D eigenvalue weighted by Gasteiger charge is -2.26. The first-order valence-corrected chi connectivity index (χ1v) is 17.4. The Labute approximate surface area is 300 Å². The topological polar surface area (TPSA) is 56.1 Å². The van der Waals surface area contributed by atoms with E-state index < -0.39 is 0 Å². The van der Waals surface area contributed by atoms with Gasteiger partial charge in [-0.2, -0.15) is 0 Å². The van der Waals surface area contributed by atoms with Crippen LogP contribution in [0.3, 0.4) is 0 Å². The lowest BCUT2D eigenvalue weighted by molar-refractivity contribution is 0.240. The molecule has 0 fully saturated rings. The van der Waals surface area contributed by atoms with Gasteiger partial charge >= 0.3 is 0 Å². The summed E-state index contributed by atoms with van der Waals surface area (Å²) in [7, 11) is 0. The van der Waals surface area contributed by atoms with Crippen molar-refractivity contribution in [2.45, 2.75) is 6.23 Å². The Morgan fingerprint density at radius 1 is 0.423 bits per heavy atom. The molecule has 2 aromatic heterocycles. The van der Waals surface area contributed by atoms with E-state index in [-0.39, 0.29) is 6.23 Å². The predicted molar refractivity (Wildman–Crippen MR) is 209 cm³/mol. The highest BCUT2D eigenvalue weighted by atomic mass is 16.5. The average Bonchev–Trinajstić information content (AvgIpc) is 3.78. The van der Waals surface area contributed by atoms with E-state index in [0.29, 0.717) is 17.5 Å². The second-order valence-electron chi connectivity index (χ2n) is 12.9. The Bertz CT molecular complexity index is 2660. The molecule has 0 bridgehead atoms. The zero-order valence-electron chi connectivity index (χ0n) is 28.0. The van der Waals surface area contributed by atoms with Crippen LogP contribution in [0.1, 0.15) is 11.8 Å². The summed E-state index contributed by atoms with van der Waals surface area (Å²) >= 11 is 0. The zero-order valence-corrected chi connectivity index (χ0v) is 28.0. The lowest BCUT2D eigenvalue weighted by Crippen LogP contribution is -2.22. The van der Waals surface area contributed by atoms with Crippen molar-refractivity contribution >= 4 is 33.2 Å². The normalized spacial score (nSPS) is 13.7. The summed E-state index contributed by atoms with van der Waals surface area (Å²) in [4.78, 5) is 17.3. The van der Waals surface area contributed by atoms with E-state index in [9.17, 15) is 0 Å². The van der Waals surface area contributed by atoms with Gasteiger partial charge in [0.15, 0.2) is 17.5 Å². The average molecular weight is 670 g/mol. The van der Waals surface area contributed by atoms with Crippen molar-refractivity contribution in [3.05, 3.63) is 188 Å². The van der Waals surface area contributed by atoms with E-state index in [0.717, 1.165) is 66.9 Å². The highest BCUT2D eigenvalue weighted by Gasteiger charge is 2.33. The molecule has 3 heterocycles. The van der Waals surface area contributed by atoms with Crippen LogP contribution in [0.4, 0.5) is 11.4 Å². The third kappa shape index (κ3) is 5.08. The number of fused-ring (bicyclic) bond motifs is 4. The Balaban J connectivity index is 1.19. The second-order valence-corrected chi connectivity index (χ2v) is 12.9. The standard InChI is InChI=1S/C46H31N5O/c1-5-15-31(16-6-1)43-47-44(32-17-7-2-8-18-32)49-45(48-43)34-25-27-39-37(29-34)38-30-36(26-28-40(38)50(39)35-21-11-4-12-22-35)51-41-23-13-14-24-42(41)52-46(51)33-19-9-3-10-20-33/h1-30,46H. The molecule has 1 aliphatic rings. The monoisotopic (exact) mass is 669 g/mol. The lowest BCUT2D eigenvalue weighted by atomic mass is 10.1. The molecule has 0 amide bonds. The number of aromatic nitrogens is 4. The molecule has 1 unspecified atom stereocenters. The number of rotatable bonds is 6. The van der Waals surface area contributed by atoms with Gasteiger partial charge in [0.25, 0.3) is 0 Å². The Morgan fingerprint density at radius 2 is 0.942 bits per heavy atom. The van der Waals surface area contributed by atoms with E-state index in [1.807, 2.05) is 78.9 Å². The third-order valence-corrected chi connectivity index (χ3v) is 9.68. The Hall–Kier alpha value is -7.05. The van der Waals surface area contributed by atoms with Crippen LogP contribution in [0, 0.1) is 0 Å². The molecule has 10 rings (SSSR count). The van der Waals surface area contributed by atoms with E-state index in [4.69, 9.17) is 19.7 Å². The van der Waals surface area contributed by atoms with Crippen LogP contribution in [0.5, 0.6) is 5.75 Å². The highest BCUT2D eigenvalue weighted by Crippen LogP contribution is 2.49. The molecule has 6 heteroatoms. The molecule has 0 aliphatic carbocycles. The van der Waals surface area contributed by atoms with Gasteiger partial charge in [-0.05, 0) is 60.7 Å². The van der Waals surface area contributed by atoms with Crippen LogP contribution in [-0.2, 0) is 0 Å². The number of para-hydroxylation sites is 3. The quantitative estimate of drug-likeness (QED) is 0.176. The molecule has 0 saturated heterocycles. The zero-order chi connectivity index (χ0) is 34.4. The first kappa shape index (κ1) is 29.8. The molecule has 9 aromatic rings. The summed E-state index contributed by atoms with van der Waals surface area (Å²) in [6.45, 7) is 0. The number of ether oxygens (including phenoxy) is 1. The summed E-state index contributed by atoms with van der Waals surface area (Å²) in [5.74, 6) is 2.76. The SMILES string of the molecule is c1ccc(-c2nc(-c3ccccc3)nc(-c3ccc4c(c3)c3cc(N5c6ccccc6OC5c5ccccc5)ccc3n4-c3ccccc3)n2)cc1. The van der Waals surface area contributed by atoms with Gasteiger partial charge in [0.05, 0.1) is 16.7 Å². The largest absolute Gasteiger partial charge is 0.464 e. The fourth-order valence-corrected chi connectivity index (χ4v) is 7.26. The van der Waals surface area contributed by atoms with Gasteiger partial charge in [0.1, 0.15) is 5.75 Å². The maximum Gasteiger partial charge on any atom is 0.203 e. The van der Waals surface area contributed by atoms with Crippen molar-refractivity contribution in [1.82, 2.24) is 19.5 Å². The van der Waals surface area contributed by atoms with Crippen LogP contribution >= 0.6 is 0 Å². The van der Waals surface area contributed by atoms with E-state index in [2.05, 4.69) is 113 Å². The molecule has 6 nitrogen and oxygen atoms in total. The molecular weight excluding hydrogens is 639 g/mol. The number of nitrogens with zero attached hydrogens (tertiary/aromatic N) is 5. The first-order chi connectivity index (χ1) is 25.8. The second kappa shape index (κ2) is 12.4. The van der Waals surface area contributed by atoms with E-state index in [1.54, 1.807) is 0 Å². The van der Waals surface area contributed by atoms with Gasteiger partial charge in [-0.15, -0.1) is 0 Å². The fraction of sp³-hybridized carbons (Fsp3) is 0.0217. The van der Waals surface area contributed by atoms with Crippen LogP contribution in [-0.4, -0.2) is 19.5 Å². The van der Waals surface area contributed by atoms with Gasteiger partial charge in [-0.25, -0.2) is 15.0 Å². The van der Waals surface area contributed by atoms with Crippen molar-refractivity contribution in [2.75, 3.05) is 4.90 Å².